The van der Waals surface area contributed by atoms with Gasteiger partial charge >= 0.3 is 0 Å². The Balaban J connectivity index is 2.92. The molecule has 5 nitrogen and oxygen atoms in total. The molecule has 0 saturated heterocycles. The van der Waals surface area contributed by atoms with Crippen LogP contribution >= 0.6 is 0 Å². The molecule has 0 radical (unpaired) electrons. The maximum atomic E-state index is 10.8. The van der Waals surface area contributed by atoms with Crippen molar-refractivity contribution in [3.63, 3.8) is 0 Å². The summed E-state index contributed by atoms with van der Waals surface area (Å²) in [6.45, 7) is 5.58. The van der Waals surface area contributed by atoms with Crippen LogP contribution < -0.4 is 5.32 Å². The number of benzene rings is 1. The van der Waals surface area contributed by atoms with Crippen molar-refractivity contribution in [3.05, 3.63) is 33.9 Å². The van der Waals surface area contributed by atoms with E-state index in [2.05, 4.69) is 5.32 Å². The van der Waals surface area contributed by atoms with Crippen LogP contribution in [0.3, 0.4) is 0 Å². The summed E-state index contributed by atoms with van der Waals surface area (Å²) in [5.74, 6) is 0. The molecule has 0 spiro atoms. The maximum absolute atomic E-state index is 10.8. The van der Waals surface area contributed by atoms with Gasteiger partial charge in [-0.3, -0.25) is 10.1 Å². The molecule has 0 unspecified atom stereocenters. The van der Waals surface area contributed by atoms with E-state index in [0.717, 1.165) is 5.56 Å². The Morgan fingerprint density at radius 3 is 2.75 bits per heavy atom. The van der Waals surface area contributed by atoms with E-state index in [4.69, 9.17) is 4.74 Å². The lowest BCUT2D eigenvalue weighted by Crippen LogP contribution is -2.02. The molecule has 0 amide bonds. The molecule has 16 heavy (non-hydrogen) atoms. The van der Waals surface area contributed by atoms with Gasteiger partial charge in [0.05, 0.1) is 11.5 Å². The Morgan fingerprint density at radius 2 is 2.19 bits per heavy atom. The smallest absolute Gasteiger partial charge is 0.292 e. The van der Waals surface area contributed by atoms with Gasteiger partial charge in [0.1, 0.15) is 5.69 Å². The first-order chi connectivity index (χ1) is 7.69. The summed E-state index contributed by atoms with van der Waals surface area (Å²) in [6, 6.07) is 4.98. The topological polar surface area (TPSA) is 64.4 Å². The molecule has 0 fully saturated rings. The van der Waals surface area contributed by atoms with Crippen LogP contribution in [0.2, 0.25) is 0 Å². The standard InChI is InChI=1S/C11H16N2O3/c1-3-12-10-7-9(8-16-4-2)5-6-11(10)13(14)15/h5-7,12H,3-4,8H2,1-2H3. The minimum absolute atomic E-state index is 0.0992. The largest absolute Gasteiger partial charge is 0.380 e. The first-order valence-electron chi connectivity index (χ1n) is 5.28. The number of nitro groups is 1. The minimum atomic E-state index is -0.386. The van der Waals surface area contributed by atoms with E-state index in [-0.39, 0.29) is 10.6 Å². The molecule has 0 aromatic heterocycles. The number of hydrogen-bond acceptors (Lipinski definition) is 4. The van der Waals surface area contributed by atoms with E-state index in [1.54, 1.807) is 12.1 Å². The van der Waals surface area contributed by atoms with E-state index in [9.17, 15) is 10.1 Å². The molecule has 0 aliphatic carbocycles. The van der Waals surface area contributed by atoms with Crippen molar-refractivity contribution in [2.24, 2.45) is 0 Å². The summed E-state index contributed by atoms with van der Waals surface area (Å²) < 4.78 is 5.26. The molecular weight excluding hydrogens is 208 g/mol. The quantitative estimate of drug-likeness (QED) is 0.595. The molecule has 0 heterocycles. The van der Waals surface area contributed by atoms with Gasteiger partial charge in [-0.25, -0.2) is 0 Å². The SMILES string of the molecule is CCNc1cc(COCC)ccc1[N+](=O)[O-]. The fourth-order valence-corrected chi connectivity index (χ4v) is 1.38. The molecule has 0 aliphatic heterocycles. The molecule has 1 aromatic rings. The number of nitro benzene ring substituents is 1. The number of nitrogens with zero attached hydrogens (tertiary/aromatic N) is 1. The van der Waals surface area contributed by atoms with Crippen molar-refractivity contribution in [1.82, 2.24) is 0 Å². The fourth-order valence-electron chi connectivity index (χ4n) is 1.38. The molecule has 1 N–H and O–H groups in total. The predicted molar refractivity (Wildman–Crippen MR) is 62.6 cm³/mol. The van der Waals surface area contributed by atoms with Gasteiger partial charge in [0.15, 0.2) is 0 Å². The first kappa shape index (κ1) is 12.4. The van der Waals surface area contributed by atoms with Gasteiger partial charge in [-0.2, -0.15) is 0 Å². The van der Waals surface area contributed by atoms with E-state index in [1.807, 2.05) is 13.8 Å². The number of ether oxygens (including phenoxy) is 1. The lowest BCUT2D eigenvalue weighted by molar-refractivity contribution is -0.384. The molecule has 1 rings (SSSR count). The van der Waals surface area contributed by atoms with Gasteiger partial charge in [0, 0.05) is 19.2 Å². The van der Waals surface area contributed by atoms with Gasteiger partial charge < -0.3 is 10.1 Å². The Kier molecular flexibility index (Phi) is 4.72. The highest BCUT2D eigenvalue weighted by molar-refractivity contribution is 5.62. The highest BCUT2D eigenvalue weighted by Crippen LogP contribution is 2.25. The van der Waals surface area contributed by atoms with Crippen molar-refractivity contribution < 1.29 is 9.66 Å². The second kappa shape index (κ2) is 6.07. The van der Waals surface area contributed by atoms with Crippen molar-refractivity contribution in [1.29, 1.82) is 0 Å². The zero-order chi connectivity index (χ0) is 12.0. The monoisotopic (exact) mass is 224 g/mol. The molecular formula is C11H16N2O3. The Labute approximate surface area is 94.6 Å². The van der Waals surface area contributed by atoms with Gasteiger partial charge in [0.25, 0.3) is 5.69 Å². The van der Waals surface area contributed by atoms with Crippen LogP contribution in [0.1, 0.15) is 19.4 Å². The van der Waals surface area contributed by atoms with E-state index < -0.39 is 0 Å². The average molecular weight is 224 g/mol. The molecule has 0 bridgehead atoms. The first-order valence-corrected chi connectivity index (χ1v) is 5.28. The van der Waals surface area contributed by atoms with Crippen LogP contribution in [-0.2, 0) is 11.3 Å². The lowest BCUT2D eigenvalue weighted by Gasteiger charge is -2.07. The van der Waals surface area contributed by atoms with Crippen LogP contribution in [-0.4, -0.2) is 18.1 Å². The second-order valence-electron chi connectivity index (χ2n) is 3.28. The average Bonchev–Trinajstić information content (AvgIpc) is 2.26. The lowest BCUT2D eigenvalue weighted by atomic mass is 10.2. The van der Waals surface area contributed by atoms with Crippen molar-refractivity contribution >= 4 is 11.4 Å². The summed E-state index contributed by atoms with van der Waals surface area (Å²) in [5, 5.41) is 13.7. The Bertz CT molecular complexity index is 366. The maximum Gasteiger partial charge on any atom is 0.292 e. The highest BCUT2D eigenvalue weighted by Gasteiger charge is 2.13. The molecule has 0 aliphatic rings. The molecule has 0 saturated carbocycles. The number of hydrogen-bond donors (Lipinski definition) is 1. The van der Waals surface area contributed by atoms with E-state index in [1.165, 1.54) is 6.07 Å². The minimum Gasteiger partial charge on any atom is -0.380 e. The summed E-state index contributed by atoms with van der Waals surface area (Å²) in [7, 11) is 0. The van der Waals surface area contributed by atoms with Crippen LogP contribution in [0, 0.1) is 10.1 Å². The van der Waals surface area contributed by atoms with Gasteiger partial charge in [-0.15, -0.1) is 0 Å². The van der Waals surface area contributed by atoms with Crippen LogP contribution in [0.5, 0.6) is 0 Å². The molecule has 5 heteroatoms. The predicted octanol–water partition coefficient (Wildman–Crippen LogP) is 2.56. The number of nitrogens with one attached hydrogen (secondary N) is 1. The fraction of sp³-hybridized carbons (Fsp3) is 0.455. The van der Waals surface area contributed by atoms with Crippen molar-refractivity contribution in [3.8, 4) is 0 Å². The second-order valence-corrected chi connectivity index (χ2v) is 3.28. The third-order valence-corrected chi connectivity index (χ3v) is 2.10. The molecule has 1 aromatic carbocycles. The summed E-state index contributed by atoms with van der Waals surface area (Å²) in [4.78, 5) is 10.4. The Morgan fingerprint density at radius 1 is 1.44 bits per heavy atom. The van der Waals surface area contributed by atoms with E-state index in [0.29, 0.717) is 25.4 Å². The summed E-state index contributed by atoms with van der Waals surface area (Å²) in [6.07, 6.45) is 0. The normalized spacial score (nSPS) is 10.1. The van der Waals surface area contributed by atoms with Crippen LogP contribution in [0.15, 0.2) is 18.2 Å². The van der Waals surface area contributed by atoms with Crippen molar-refractivity contribution in [2.75, 3.05) is 18.5 Å². The van der Waals surface area contributed by atoms with Crippen molar-refractivity contribution in [2.45, 2.75) is 20.5 Å². The number of anilines is 1. The third-order valence-electron chi connectivity index (χ3n) is 2.10. The van der Waals surface area contributed by atoms with Gasteiger partial charge in [0.2, 0.25) is 0 Å². The molecule has 0 atom stereocenters. The third kappa shape index (κ3) is 3.20. The zero-order valence-electron chi connectivity index (χ0n) is 9.53. The number of rotatable bonds is 6. The van der Waals surface area contributed by atoms with Crippen LogP contribution in [0.4, 0.5) is 11.4 Å². The zero-order valence-corrected chi connectivity index (χ0v) is 9.53. The van der Waals surface area contributed by atoms with Gasteiger partial charge in [-0.1, -0.05) is 0 Å². The molecule has 88 valence electrons. The highest BCUT2D eigenvalue weighted by atomic mass is 16.6. The summed E-state index contributed by atoms with van der Waals surface area (Å²) in [5.41, 5.74) is 1.58. The van der Waals surface area contributed by atoms with Crippen LogP contribution in [0.25, 0.3) is 0 Å². The Hall–Kier alpha value is -1.62. The van der Waals surface area contributed by atoms with E-state index >= 15 is 0 Å². The van der Waals surface area contributed by atoms with Gasteiger partial charge in [-0.05, 0) is 31.5 Å². The summed E-state index contributed by atoms with van der Waals surface area (Å²) >= 11 is 0.